The smallest absolute Gasteiger partial charge is 0.241 e. The summed E-state index contributed by atoms with van der Waals surface area (Å²) in [4.78, 5) is 14.7. The molecule has 7 heteroatoms. The first-order valence-electron chi connectivity index (χ1n) is 10.4. The molecule has 3 saturated heterocycles. The van der Waals surface area contributed by atoms with Crippen LogP contribution in [-0.4, -0.2) is 51.9 Å². The van der Waals surface area contributed by atoms with Gasteiger partial charge in [0.1, 0.15) is 12.4 Å². The summed E-state index contributed by atoms with van der Waals surface area (Å²) in [6.45, 7) is 5.49. The van der Waals surface area contributed by atoms with Crippen molar-refractivity contribution in [2.75, 3.05) is 19.6 Å². The van der Waals surface area contributed by atoms with Gasteiger partial charge in [0.05, 0.1) is 11.7 Å². The van der Waals surface area contributed by atoms with E-state index in [2.05, 4.69) is 15.3 Å². The number of benzene rings is 1. The minimum absolute atomic E-state index is 0.0178. The lowest BCUT2D eigenvalue weighted by Gasteiger charge is -2.29. The molecule has 4 atom stereocenters. The van der Waals surface area contributed by atoms with Crippen LogP contribution in [0, 0.1) is 24.6 Å². The highest BCUT2D eigenvalue weighted by Gasteiger charge is 2.62. The van der Waals surface area contributed by atoms with E-state index >= 15 is 0 Å². The molecule has 0 saturated carbocycles. The third-order valence-electron chi connectivity index (χ3n) is 6.96. The summed E-state index contributed by atoms with van der Waals surface area (Å²) in [5, 5.41) is 7.18. The molecule has 5 rings (SSSR count). The molecular weight excluding hydrogens is 371 g/mol. The zero-order valence-corrected chi connectivity index (χ0v) is 16.7. The summed E-state index contributed by atoms with van der Waals surface area (Å²) < 4.78 is 21.8. The van der Waals surface area contributed by atoms with Crippen molar-refractivity contribution in [2.45, 2.75) is 44.6 Å². The first kappa shape index (κ1) is 18.8. The second-order valence-electron chi connectivity index (χ2n) is 8.78. The maximum Gasteiger partial charge on any atom is 0.241 e. The number of ether oxygens (including phenoxy) is 1. The molecule has 29 heavy (non-hydrogen) atoms. The van der Waals surface area contributed by atoms with Gasteiger partial charge in [-0.3, -0.25) is 14.4 Å². The maximum absolute atomic E-state index is 13.7. The fourth-order valence-corrected chi connectivity index (χ4v) is 5.56. The second-order valence-corrected chi connectivity index (χ2v) is 8.78. The van der Waals surface area contributed by atoms with E-state index in [-0.39, 0.29) is 30.0 Å². The van der Waals surface area contributed by atoms with Gasteiger partial charge in [-0.2, -0.15) is 5.10 Å². The molecule has 2 bridgehead atoms. The lowest BCUT2D eigenvalue weighted by molar-refractivity contribution is -0.122. The molecule has 154 valence electrons. The van der Waals surface area contributed by atoms with Gasteiger partial charge in [-0.25, -0.2) is 4.39 Å². The number of rotatable bonds is 6. The van der Waals surface area contributed by atoms with Gasteiger partial charge in [0.25, 0.3) is 0 Å². The monoisotopic (exact) mass is 398 g/mol. The average Bonchev–Trinajstić information content (AvgIpc) is 3.44. The van der Waals surface area contributed by atoms with Crippen molar-refractivity contribution in [1.82, 2.24) is 20.0 Å². The molecule has 1 aromatic carbocycles. The standard InChI is InChI=1S/C22H27FN4O2/c1-15-3-4-17(23)9-16(15)11-26-12-19-18(20-5-6-22(19,14-26)29-20)10-24-21(28)13-27-8-2-7-25-27/h2-4,7-9,18-20H,5-6,10-14H2,1H3,(H,24,28)/t18-,19+,20+,22+/m0/s1. The van der Waals surface area contributed by atoms with Crippen LogP contribution in [0.1, 0.15) is 24.0 Å². The highest BCUT2D eigenvalue weighted by molar-refractivity contribution is 5.75. The zero-order valence-electron chi connectivity index (χ0n) is 16.7. The van der Waals surface area contributed by atoms with Gasteiger partial charge in [-0.05, 0) is 49.1 Å². The van der Waals surface area contributed by atoms with E-state index in [0.717, 1.165) is 43.6 Å². The van der Waals surface area contributed by atoms with Crippen molar-refractivity contribution in [3.05, 3.63) is 53.6 Å². The van der Waals surface area contributed by atoms with Crippen molar-refractivity contribution in [3.8, 4) is 0 Å². The Kier molecular flexibility index (Phi) is 4.67. The molecule has 1 aromatic heterocycles. The molecule has 6 nitrogen and oxygen atoms in total. The number of halogens is 1. The van der Waals surface area contributed by atoms with Crippen LogP contribution in [0.3, 0.4) is 0 Å². The van der Waals surface area contributed by atoms with E-state index in [9.17, 15) is 9.18 Å². The number of nitrogens with one attached hydrogen (secondary N) is 1. The Morgan fingerprint density at radius 3 is 3.17 bits per heavy atom. The van der Waals surface area contributed by atoms with Crippen LogP contribution in [0.25, 0.3) is 0 Å². The molecule has 1 amide bonds. The van der Waals surface area contributed by atoms with Gasteiger partial charge in [-0.15, -0.1) is 0 Å². The molecular formula is C22H27FN4O2. The van der Waals surface area contributed by atoms with E-state index in [0.29, 0.717) is 18.4 Å². The fourth-order valence-electron chi connectivity index (χ4n) is 5.56. The molecule has 4 heterocycles. The third kappa shape index (κ3) is 3.46. The van der Waals surface area contributed by atoms with Gasteiger partial charge >= 0.3 is 0 Å². The summed E-state index contributed by atoms with van der Waals surface area (Å²) in [7, 11) is 0. The number of likely N-dealkylation sites (tertiary alicyclic amines) is 1. The van der Waals surface area contributed by atoms with Gasteiger partial charge in [0.15, 0.2) is 0 Å². The lowest BCUT2D eigenvalue weighted by atomic mass is 9.73. The normalized spacial score (nSPS) is 30.6. The lowest BCUT2D eigenvalue weighted by Crippen LogP contribution is -2.42. The molecule has 3 aliphatic rings. The number of fused-ring (bicyclic) bond motifs is 1. The summed E-state index contributed by atoms with van der Waals surface area (Å²) >= 11 is 0. The largest absolute Gasteiger partial charge is 0.370 e. The zero-order chi connectivity index (χ0) is 20.0. The predicted octanol–water partition coefficient (Wildman–Crippen LogP) is 2.13. The minimum atomic E-state index is -0.182. The van der Waals surface area contributed by atoms with Crippen molar-refractivity contribution in [3.63, 3.8) is 0 Å². The Balaban J connectivity index is 1.23. The summed E-state index contributed by atoms with van der Waals surface area (Å²) in [6, 6.07) is 6.82. The molecule has 0 radical (unpaired) electrons. The van der Waals surface area contributed by atoms with Crippen LogP contribution in [0.5, 0.6) is 0 Å². The topological polar surface area (TPSA) is 59.4 Å². The minimum Gasteiger partial charge on any atom is -0.370 e. The van der Waals surface area contributed by atoms with E-state index in [1.807, 2.05) is 19.1 Å². The molecule has 1 spiro atoms. The quantitative estimate of drug-likeness (QED) is 0.810. The van der Waals surface area contributed by atoms with Crippen LogP contribution in [0.2, 0.25) is 0 Å². The number of carbonyl (C=O) groups excluding carboxylic acids is 1. The third-order valence-corrected chi connectivity index (χ3v) is 6.96. The van der Waals surface area contributed by atoms with Crippen LogP contribution in [-0.2, 0) is 22.6 Å². The Morgan fingerprint density at radius 2 is 2.34 bits per heavy atom. The Hall–Kier alpha value is -2.25. The Bertz CT molecular complexity index is 902. The highest BCUT2D eigenvalue weighted by atomic mass is 19.1. The SMILES string of the molecule is Cc1ccc(F)cc1CN1C[C@@H]2[C@H](CNC(=O)Cn3cccn3)[C@H]3CC[C@]2(C1)O3. The average molecular weight is 398 g/mol. The number of nitrogens with zero attached hydrogens (tertiary/aromatic N) is 3. The van der Waals surface area contributed by atoms with E-state index in [4.69, 9.17) is 4.74 Å². The van der Waals surface area contributed by atoms with Crippen molar-refractivity contribution in [2.24, 2.45) is 11.8 Å². The summed E-state index contributed by atoms with van der Waals surface area (Å²) in [5.74, 6) is 0.554. The first-order chi connectivity index (χ1) is 14.0. The predicted molar refractivity (Wildman–Crippen MR) is 105 cm³/mol. The summed E-state index contributed by atoms with van der Waals surface area (Å²) in [6.07, 6.45) is 5.84. The highest BCUT2D eigenvalue weighted by Crippen LogP contribution is 2.54. The first-order valence-corrected chi connectivity index (χ1v) is 10.4. The van der Waals surface area contributed by atoms with Crippen LogP contribution < -0.4 is 5.32 Å². The Morgan fingerprint density at radius 1 is 1.45 bits per heavy atom. The van der Waals surface area contributed by atoms with E-state index in [1.54, 1.807) is 23.1 Å². The van der Waals surface area contributed by atoms with Gasteiger partial charge in [0.2, 0.25) is 5.91 Å². The molecule has 3 aliphatic heterocycles. The summed E-state index contributed by atoms with van der Waals surface area (Å²) in [5.41, 5.74) is 2.07. The number of aromatic nitrogens is 2. The maximum atomic E-state index is 13.7. The Labute approximate surface area is 170 Å². The fraction of sp³-hybridized carbons (Fsp3) is 0.545. The van der Waals surface area contributed by atoms with Crippen molar-refractivity contribution in [1.29, 1.82) is 0 Å². The molecule has 3 fully saturated rings. The molecule has 2 aromatic rings. The number of hydrogen-bond acceptors (Lipinski definition) is 4. The second kappa shape index (κ2) is 7.22. The number of hydrogen-bond donors (Lipinski definition) is 1. The van der Waals surface area contributed by atoms with Crippen LogP contribution in [0.15, 0.2) is 36.7 Å². The number of aryl methyl sites for hydroxylation is 1. The van der Waals surface area contributed by atoms with E-state index in [1.165, 1.54) is 6.07 Å². The molecule has 0 unspecified atom stereocenters. The molecule has 0 aliphatic carbocycles. The number of carbonyl (C=O) groups is 1. The molecule has 1 N–H and O–H groups in total. The van der Waals surface area contributed by atoms with Crippen molar-refractivity contribution < 1.29 is 13.9 Å². The van der Waals surface area contributed by atoms with Gasteiger partial charge in [0, 0.05) is 50.4 Å². The van der Waals surface area contributed by atoms with E-state index < -0.39 is 0 Å². The van der Waals surface area contributed by atoms with Crippen molar-refractivity contribution >= 4 is 5.91 Å². The van der Waals surface area contributed by atoms with Gasteiger partial charge in [-0.1, -0.05) is 6.07 Å². The number of amides is 1. The van der Waals surface area contributed by atoms with Crippen LogP contribution in [0.4, 0.5) is 4.39 Å². The van der Waals surface area contributed by atoms with Gasteiger partial charge < -0.3 is 10.1 Å². The van der Waals surface area contributed by atoms with Crippen LogP contribution >= 0.6 is 0 Å².